The van der Waals surface area contributed by atoms with Crippen LogP contribution in [0, 0.1) is 0 Å². The van der Waals surface area contributed by atoms with Crippen LogP contribution in [0.25, 0.3) is 0 Å². The fourth-order valence-electron chi connectivity index (χ4n) is 6.31. The summed E-state index contributed by atoms with van der Waals surface area (Å²) in [7, 11) is 0. The molecule has 0 radical (unpaired) electrons. The van der Waals surface area contributed by atoms with Gasteiger partial charge in [0.15, 0.2) is 6.10 Å². The van der Waals surface area contributed by atoms with Crippen LogP contribution in [-0.2, 0) is 23.8 Å². The standard InChI is InChI=1S/C57H92O5/c1-4-7-10-13-16-19-22-25-27-28-29-30-31-33-35-38-41-44-47-50-56(58)61-54-55(53-60-52-49-46-43-40-37-34-26-23-20-17-14-11-8-5-2)62-57(59)51-48-45-42-39-36-32-24-21-18-15-12-9-6-3/h8-9,11-12,16-21,25-27,29-30,32,34,36,42,45,55H,4-7,10,13-15,22-24,28,31,33,35,37-41,43-44,46-54H2,1-3H3/b11-8-,12-9-,19-16-,20-17-,21-18-,27-25-,30-29-,34-26-,36-32-,45-42-. The molecule has 1 atom stereocenters. The lowest BCUT2D eigenvalue weighted by molar-refractivity contribution is -0.162. The minimum Gasteiger partial charge on any atom is -0.462 e. The van der Waals surface area contributed by atoms with Gasteiger partial charge in [-0.3, -0.25) is 9.59 Å². The van der Waals surface area contributed by atoms with E-state index in [0.717, 1.165) is 109 Å². The van der Waals surface area contributed by atoms with E-state index in [-0.39, 0.29) is 31.6 Å². The first-order valence-corrected chi connectivity index (χ1v) is 25.1. The minimum absolute atomic E-state index is 0.0327. The zero-order valence-corrected chi connectivity index (χ0v) is 40.1. The lowest BCUT2D eigenvalue weighted by Gasteiger charge is -2.18. The molecule has 350 valence electrons. The van der Waals surface area contributed by atoms with Crippen molar-refractivity contribution in [3.8, 4) is 0 Å². The first-order chi connectivity index (χ1) is 30.6. The lowest BCUT2D eigenvalue weighted by Crippen LogP contribution is -2.30. The first kappa shape index (κ1) is 58.3. The molecular weight excluding hydrogens is 765 g/mol. The van der Waals surface area contributed by atoms with Crippen LogP contribution in [0.1, 0.15) is 201 Å². The number of ether oxygens (including phenoxy) is 3. The Morgan fingerprint density at radius 1 is 0.371 bits per heavy atom. The average molecular weight is 857 g/mol. The van der Waals surface area contributed by atoms with E-state index in [1.165, 1.54) is 51.4 Å². The molecule has 0 aliphatic carbocycles. The zero-order valence-electron chi connectivity index (χ0n) is 40.1. The molecule has 1 unspecified atom stereocenters. The molecule has 0 spiro atoms. The number of allylic oxidation sites excluding steroid dienone is 20. The maximum absolute atomic E-state index is 12.7. The third-order valence-corrected chi connectivity index (χ3v) is 9.98. The molecule has 0 aromatic heterocycles. The summed E-state index contributed by atoms with van der Waals surface area (Å²) in [5.74, 6) is -0.528. The molecule has 0 amide bonds. The van der Waals surface area contributed by atoms with Crippen molar-refractivity contribution in [2.75, 3.05) is 19.8 Å². The van der Waals surface area contributed by atoms with Crippen molar-refractivity contribution >= 4 is 11.9 Å². The maximum Gasteiger partial charge on any atom is 0.306 e. The number of rotatable bonds is 44. The van der Waals surface area contributed by atoms with Gasteiger partial charge in [0.25, 0.3) is 0 Å². The first-order valence-electron chi connectivity index (χ1n) is 25.1. The number of carbonyl (C=O) groups excluding carboxylic acids is 2. The highest BCUT2D eigenvalue weighted by Gasteiger charge is 2.17. The number of carbonyl (C=O) groups is 2. The topological polar surface area (TPSA) is 61.8 Å². The van der Waals surface area contributed by atoms with Gasteiger partial charge < -0.3 is 14.2 Å². The highest BCUT2D eigenvalue weighted by atomic mass is 16.6. The van der Waals surface area contributed by atoms with Crippen molar-refractivity contribution < 1.29 is 23.8 Å². The molecule has 0 aromatic rings. The van der Waals surface area contributed by atoms with Crippen molar-refractivity contribution in [2.24, 2.45) is 0 Å². The van der Waals surface area contributed by atoms with E-state index in [1.54, 1.807) is 0 Å². The minimum atomic E-state index is -0.599. The van der Waals surface area contributed by atoms with Gasteiger partial charge in [0.05, 0.1) is 6.61 Å². The second kappa shape index (κ2) is 51.6. The van der Waals surface area contributed by atoms with E-state index in [0.29, 0.717) is 19.4 Å². The highest BCUT2D eigenvalue weighted by Crippen LogP contribution is 2.11. The number of esters is 2. The molecule has 0 aliphatic rings. The van der Waals surface area contributed by atoms with Gasteiger partial charge >= 0.3 is 11.9 Å². The average Bonchev–Trinajstić information content (AvgIpc) is 3.27. The van der Waals surface area contributed by atoms with Crippen LogP contribution < -0.4 is 0 Å². The maximum atomic E-state index is 12.7. The van der Waals surface area contributed by atoms with E-state index in [1.807, 2.05) is 6.08 Å². The molecule has 62 heavy (non-hydrogen) atoms. The van der Waals surface area contributed by atoms with E-state index in [2.05, 4.69) is 136 Å². The Morgan fingerprint density at radius 2 is 0.758 bits per heavy atom. The third-order valence-electron chi connectivity index (χ3n) is 9.98. The molecule has 5 nitrogen and oxygen atoms in total. The van der Waals surface area contributed by atoms with Crippen LogP contribution in [0.2, 0.25) is 0 Å². The van der Waals surface area contributed by atoms with Crippen LogP contribution in [0.3, 0.4) is 0 Å². The Hall–Kier alpha value is -3.70. The number of unbranched alkanes of at least 4 members (excludes halogenated alkanes) is 13. The van der Waals surface area contributed by atoms with Crippen LogP contribution in [-0.4, -0.2) is 37.9 Å². The second-order valence-corrected chi connectivity index (χ2v) is 15.9. The Kier molecular flexibility index (Phi) is 48.6. The van der Waals surface area contributed by atoms with Gasteiger partial charge in [0.2, 0.25) is 0 Å². The van der Waals surface area contributed by atoms with Crippen molar-refractivity contribution in [1.29, 1.82) is 0 Å². The summed E-state index contributed by atoms with van der Waals surface area (Å²) in [6.45, 7) is 7.41. The van der Waals surface area contributed by atoms with Gasteiger partial charge in [-0.15, -0.1) is 0 Å². The zero-order chi connectivity index (χ0) is 44.9. The van der Waals surface area contributed by atoms with Gasteiger partial charge in [-0.2, -0.15) is 0 Å². The summed E-state index contributed by atoms with van der Waals surface area (Å²) in [4.78, 5) is 25.3. The molecule has 0 rings (SSSR count). The molecule has 0 saturated carbocycles. The molecular formula is C57H92O5. The smallest absolute Gasteiger partial charge is 0.306 e. The molecule has 0 aliphatic heterocycles. The predicted octanol–water partition coefficient (Wildman–Crippen LogP) is 17.0. The van der Waals surface area contributed by atoms with Crippen molar-refractivity contribution in [2.45, 2.75) is 207 Å². The van der Waals surface area contributed by atoms with Crippen molar-refractivity contribution in [3.05, 3.63) is 122 Å². The Bertz CT molecular complexity index is 1290. The van der Waals surface area contributed by atoms with Crippen LogP contribution in [0.15, 0.2) is 122 Å². The monoisotopic (exact) mass is 857 g/mol. The van der Waals surface area contributed by atoms with Gasteiger partial charge in [-0.1, -0.05) is 194 Å². The summed E-state index contributed by atoms with van der Waals surface area (Å²) < 4.78 is 17.3. The van der Waals surface area contributed by atoms with Crippen LogP contribution in [0.4, 0.5) is 0 Å². The van der Waals surface area contributed by atoms with E-state index in [9.17, 15) is 9.59 Å². The SMILES string of the molecule is CC/C=C\C/C=C\C/C=C\C/C=C\CCC(=O)OC(COCCCCCC/C=C\C/C=C\C/C=C\CC)COC(=O)CCCCCCCC/C=C\C/C=C\C/C=C\CCCCC. The number of hydrogen-bond donors (Lipinski definition) is 0. The Morgan fingerprint density at radius 3 is 1.23 bits per heavy atom. The largest absolute Gasteiger partial charge is 0.462 e. The molecule has 5 heteroatoms. The van der Waals surface area contributed by atoms with E-state index in [4.69, 9.17) is 14.2 Å². The quantitative estimate of drug-likeness (QED) is 0.0347. The summed E-state index contributed by atoms with van der Waals surface area (Å²) in [5, 5.41) is 0. The normalized spacial score (nSPS) is 13.3. The van der Waals surface area contributed by atoms with Crippen LogP contribution in [0.5, 0.6) is 0 Å². The van der Waals surface area contributed by atoms with E-state index < -0.39 is 6.10 Å². The van der Waals surface area contributed by atoms with Gasteiger partial charge in [-0.25, -0.2) is 0 Å². The molecule has 0 fully saturated rings. The second-order valence-electron chi connectivity index (χ2n) is 15.9. The predicted molar refractivity (Wildman–Crippen MR) is 269 cm³/mol. The molecule has 0 heterocycles. The van der Waals surface area contributed by atoms with Crippen LogP contribution >= 0.6 is 0 Å². The van der Waals surface area contributed by atoms with Crippen molar-refractivity contribution in [3.63, 3.8) is 0 Å². The fraction of sp³-hybridized carbons (Fsp3) is 0.614. The van der Waals surface area contributed by atoms with Gasteiger partial charge in [0.1, 0.15) is 6.61 Å². The lowest BCUT2D eigenvalue weighted by atomic mass is 10.1. The summed E-state index contributed by atoms with van der Waals surface area (Å²) in [6.07, 6.45) is 72.2. The Balaban J connectivity index is 4.41. The van der Waals surface area contributed by atoms with E-state index >= 15 is 0 Å². The summed E-state index contributed by atoms with van der Waals surface area (Å²) >= 11 is 0. The Labute approximate surface area is 382 Å². The molecule has 0 aromatic carbocycles. The summed E-state index contributed by atoms with van der Waals surface area (Å²) in [5.41, 5.74) is 0. The van der Waals surface area contributed by atoms with Gasteiger partial charge in [0, 0.05) is 19.4 Å². The molecule has 0 bridgehead atoms. The third kappa shape index (κ3) is 49.0. The summed E-state index contributed by atoms with van der Waals surface area (Å²) in [6, 6.07) is 0. The highest BCUT2D eigenvalue weighted by molar-refractivity contribution is 5.70. The molecule has 0 saturated heterocycles. The fourth-order valence-corrected chi connectivity index (χ4v) is 6.31. The van der Waals surface area contributed by atoms with Gasteiger partial charge in [-0.05, 0) is 116 Å². The van der Waals surface area contributed by atoms with Crippen molar-refractivity contribution in [1.82, 2.24) is 0 Å². The number of hydrogen-bond acceptors (Lipinski definition) is 5. The molecule has 0 N–H and O–H groups in total.